The van der Waals surface area contributed by atoms with Crippen LogP contribution in [0.4, 0.5) is 13.2 Å². The van der Waals surface area contributed by atoms with Gasteiger partial charge >= 0.3 is 11.8 Å². The first-order chi connectivity index (χ1) is 13.3. The van der Waals surface area contributed by atoms with Gasteiger partial charge in [0.15, 0.2) is 0 Å². The van der Waals surface area contributed by atoms with Crippen molar-refractivity contribution in [1.29, 1.82) is 0 Å². The fraction of sp³-hybridized carbons (Fsp3) is 0.550. The van der Waals surface area contributed by atoms with Crippen molar-refractivity contribution < 1.29 is 22.8 Å². The summed E-state index contributed by atoms with van der Waals surface area (Å²) in [4.78, 5) is 30.4. The number of nitrogens with zero attached hydrogens (tertiary/aromatic N) is 2. The third-order valence-corrected chi connectivity index (χ3v) is 5.25. The van der Waals surface area contributed by atoms with Crippen LogP contribution in [0.2, 0.25) is 0 Å². The number of amidine groups is 1. The van der Waals surface area contributed by atoms with Gasteiger partial charge in [0.2, 0.25) is 5.91 Å². The molecule has 0 radical (unpaired) electrons. The van der Waals surface area contributed by atoms with E-state index in [0.29, 0.717) is 24.8 Å². The molecule has 1 aliphatic heterocycles. The summed E-state index contributed by atoms with van der Waals surface area (Å²) >= 11 is 0. The van der Waals surface area contributed by atoms with Crippen molar-refractivity contribution in [2.45, 2.75) is 57.3 Å². The second-order valence-corrected chi connectivity index (χ2v) is 7.29. The molecule has 1 heterocycles. The lowest BCUT2D eigenvalue weighted by Crippen LogP contribution is -2.64. The number of benzene rings is 1. The molecular weight excluding hydrogens is 371 g/mol. The van der Waals surface area contributed by atoms with Crippen LogP contribution in [0.25, 0.3) is 0 Å². The molecule has 1 saturated carbocycles. The van der Waals surface area contributed by atoms with Gasteiger partial charge < -0.3 is 5.32 Å². The minimum Gasteiger partial charge on any atom is -0.316 e. The fourth-order valence-corrected chi connectivity index (χ4v) is 3.78. The molecule has 0 spiro atoms. The molecule has 1 N–H and O–H groups in total. The molecule has 1 aromatic rings. The Bertz CT molecular complexity index is 758. The minimum atomic E-state index is -5.04. The predicted molar refractivity (Wildman–Crippen MR) is 98.5 cm³/mol. The second-order valence-electron chi connectivity index (χ2n) is 7.29. The molecule has 2 amide bonds. The Morgan fingerprint density at radius 2 is 1.86 bits per heavy atom. The van der Waals surface area contributed by atoms with Crippen LogP contribution in [0.5, 0.6) is 0 Å². The van der Waals surface area contributed by atoms with Gasteiger partial charge in [-0.2, -0.15) is 13.2 Å². The molecule has 8 heteroatoms. The first kappa shape index (κ1) is 20.4. The van der Waals surface area contributed by atoms with Crippen LogP contribution in [0, 0.1) is 5.92 Å². The number of hydrogen-bond acceptors (Lipinski definition) is 3. The normalized spacial score (nSPS) is 23.6. The van der Waals surface area contributed by atoms with Gasteiger partial charge in [-0.1, -0.05) is 56.5 Å². The molecule has 1 fully saturated rings. The molecule has 152 valence electrons. The van der Waals surface area contributed by atoms with Gasteiger partial charge in [-0.15, -0.1) is 0 Å². The van der Waals surface area contributed by atoms with Crippen LogP contribution in [0.3, 0.4) is 0 Å². The molecule has 5 nitrogen and oxygen atoms in total. The number of rotatable bonds is 5. The highest BCUT2D eigenvalue weighted by atomic mass is 19.4. The van der Waals surface area contributed by atoms with Crippen LogP contribution in [-0.2, 0) is 9.59 Å². The molecule has 0 bridgehead atoms. The zero-order chi connectivity index (χ0) is 20.4. The zero-order valence-electron chi connectivity index (χ0n) is 15.8. The Morgan fingerprint density at radius 3 is 2.43 bits per heavy atom. The highest BCUT2D eigenvalue weighted by Crippen LogP contribution is 2.39. The molecule has 1 aromatic carbocycles. The maximum atomic E-state index is 14.1. The van der Waals surface area contributed by atoms with E-state index in [1.54, 1.807) is 37.3 Å². The van der Waals surface area contributed by atoms with Crippen LogP contribution in [0.15, 0.2) is 35.3 Å². The summed E-state index contributed by atoms with van der Waals surface area (Å²) in [5, 5.41) is 2.00. The van der Waals surface area contributed by atoms with Crippen LogP contribution in [-0.4, -0.2) is 40.9 Å². The van der Waals surface area contributed by atoms with E-state index >= 15 is 0 Å². The van der Waals surface area contributed by atoms with E-state index in [2.05, 4.69) is 4.99 Å². The monoisotopic (exact) mass is 395 g/mol. The van der Waals surface area contributed by atoms with Gasteiger partial charge in [0.1, 0.15) is 5.84 Å². The predicted octanol–water partition coefficient (Wildman–Crippen LogP) is 3.64. The van der Waals surface area contributed by atoms with Gasteiger partial charge in [-0.3, -0.25) is 14.5 Å². The second kappa shape index (κ2) is 7.93. The summed E-state index contributed by atoms with van der Waals surface area (Å²) in [6, 6.07) is 8.27. The molecule has 28 heavy (non-hydrogen) atoms. The number of aliphatic imine (C=N–C) groups is 1. The Labute approximate surface area is 162 Å². The highest BCUT2D eigenvalue weighted by Gasteiger charge is 2.67. The third kappa shape index (κ3) is 3.64. The summed E-state index contributed by atoms with van der Waals surface area (Å²) in [6.07, 6.45) is -0.965. The zero-order valence-corrected chi connectivity index (χ0v) is 15.8. The standard InChI is InChI=1S/C20H24F3N3O2/c1-2-13-26-16(14-9-5-3-6-10-14)24-19(18(26)28,20(21,22)23)25-17(27)15-11-7-4-8-12-15/h3,5-6,9-10,15H,2,4,7-8,11-13H2,1H3,(H,25,27)/t19-/m0/s1. The Hall–Kier alpha value is -2.38. The van der Waals surface area contributed by atoms with E-state index in [1.165, 1.54) is 0 Å². The third-order valence-electron chi connectivity index (χ3n) is 5.25. The molecule has 2 aliphatic rings. The number of alkyl halides is 3. The van der Waals surface area contributed by atoms with E-state index < -0.39 is 29.6 Å². The lowest BCUT2D eigenvalue weighted by atomic mass is 9.88. The van der Waals surface area contributed by atoms with Crippen LogP contribution < -0.4 is 5.32 Å². The van der Waals surface area contributed by atoms with Crippen molar-refractivity contribution in [2.75, 3.05) is 6.54 Å². The van der Waals surface area contributed by atoms with E-state index in [9.17, 15) is 22.8 Å². The van der Waals surface area contributed by atoms with Crippen molar-refractivity contribution in [1.82, 2.24) is 10.2 Å². The van der Waals surface area contributed by atoms with Crippen molar-refractivity contribution in [2.24, 2.45) is 10.9 Å². The van der Waals surface area contributed by atoms with Crippen molar-refractivity contribution >= 4 is 17.6 Å². The number of carbonyl (C=O) groups is 2. The molecule has 3 rings (SSSR count). The SMILES string of the molecule is CCCN1C(=O)[C@](NC(=O)C2CCCCC2)(C(F)(F)F)N=C1c1ccccc1. The fourth-order valence-electron chi connectivity index (χ4n) is 3.78. The lowest BCUT2D eigenvalue weighted by Gasteiger charge is -2.31. The van der Waals surface area contributed by atoms with Crippen molar-refractivity contribution in [3.8, 4) is 0 Å². The van der Waals surface area contributed by atoms with Gasteiger partial charge in [-0.05, 0) is 19.3 Å². The van der Waals surface area contributed by atoms with E-state index in [-0.39, 0.29) is 12.4 Å². The minimum absolute atomic E-state index is 0.0614. The molecule has 0 aromatic heterocycles. The van der Waals surface area contributed by atoms with Crippen LogP contribution in [0.1, 0.15) is 51.0 Å². The summed E-state index contributed by atoms with van der Waals surface area (Å²) in [7, 11) is 0. The summed E-state index contributed by atoms with van der Waals surface area (Å²) < 4.78 is 42.4. The molecular formula is C20H24F3N3O2. The number of hydrogen-bond donors (Lipinski definition) is 1. The van der Waals surface area contributed by atoms with Crippen LogP contribution >= 0.6 is 0 Å². The van der Waals surface area contributed by atoms with E-state index in [1.807, 2.05) is 5.32 Å². The number of halogens is 3. The average Bonchev–Trinajstić information content (AvgIpc) is 2.97. The van der Waals surface area contributed by atoms with Gasteiger partial charge in [-0.25, -0.2) is 4.99 Å². The summed E-state index contributed by atoms with van der Waals surface area (Å²) in [5.41, 5.74) is -2.86. The Kier molecular flexibility index (Phi) is 5.76. The van der Waals surface area contributed by atoms with Crippen molar-refractivity contribution in [3.63, 3.8) is 0 Å². The molecule has 0 saturated heterocycles. The quantitative estimate of drug-likeness (QED) is 0.827. The van der Waals surface area contributed by atoms with Gasteiger partial charge in [0, 0.05) is 18.0 Å². The first-order valence-electron chi connectivity index (χ1n) is 9.66. The smallest absolute Gasteiger partial charge is 0.316 e. The van der Waals surface area contributed by atoms with Gasteiger partial charge in [0.05, 0.1) is 0 Å². The topological polar surface area (TPSA) is 61.8 Å². The number of nitrogens with one attached hydrogen (secondary N) is 1. The van der Waals surface area contributed by atoms with E-state index in [4.69, 9.17) is 0 Å². The average molecular weight is 395 g/mol. The first-order valence-corrected chi connectivity index (χ1v) is 9.66. The highest BCUT2D eigenvalue weighted by molar-refractivity contribution is 6.16. The van der Waals surface area contributed by atoms with Crippen molar-refractivity contribution in [3.05, 3.63) is 35.9 Å². The summed E-state index contributed by atoms with van der Waals surface area (Å²) in [5.74, 6) is -2.57. The van der Waals surface area contributed by atoms with E-state index in [0.717, 1.165) is 24.2 Å². The Balaban J connectivity index is 2.02. The Morgan fingerprint density at radius 1 is 1.21 bits per heavy atom. The number of carbonyl (C=O) groups excluding carboxylic acids is 2. The molecule has 1 aliphatic carbocycles. The summed E-state index contributed by atoms with van der Waals surface area (Å²) in [6.45, 7) is 1.85. The molecule has 0 unspecified atom stereocenters. The molecule has 1 atom stereocenters. The van der Waals surface area contributed by atoms with Gasteiger partial charge in [0.25, 0.3) is 5.91 Å². The maximum absolute atomic E-state index is 14.1. The maximum Gasteiger partial charge on any atom is 0.442 e. The number of amides is 2. The lowest BCUT2D eigenvalue weighted by molar-refractivity contribution is -0.200. The largest absolute Gasteiger partial charge is 0.442 e.